The summed E-state index contributed by atoms with van der Waals surface area (Å²) in [5, 5.41) is 2.23. The topological polar surface area (TPSA) is 25.4 Å². The number of fused-ring (bicyclic) bond motifs is 1. The van der Waals surface area contributed by atoms with Crippen molar-refractivity contribution in [3.05, 3.63) is 54.6 Å². The molecule has 0 N–H and O–H groups in total. The van der Waals surface area contributed by atoms with Gasteiger partial charge in [-0.25, -0.2) is 4.98 Å². The molecule has 0 fully saturated rings. The summed E-state index contributed by atoms with van der Waals surface area (Å²) >= 11 is 1.80. The van der Waals surface area contributed by atoms with Crippen molar-refractivity contribution in [1.29, 1.82) is 0 Å². The van der Waals surface area contributed by atoms with Gasteiger partial charge in [0.1, 0.15) is 10.8 Å². The Morgan fingerprint density at radius 1 is 1.04 bits per heavy atom. The molecule has 132 valence electrons. The van der Waals surface area contributed by atoms with Gasteiger partial charge in [0.05, 0.1) is 12.6 Å². The molecule has 0 bridgehead atoms. The van der Waals surface area contributed by atoms with Gasteiger partial charge in [-0.3, -0.25) is 0 Å². The average molecular weight is 375 g/mol. The minimum absolute atomic E-state index is 0. The zero-order valence-electron chi connectivity index (χ0n) is 14.7. The van der Waals surface area contributed by atoms with Gasteiger partial charge in [-0.2, -0.15) is 0 Å². The van der Waals surface area contributed by atoms with Crippen LogP contribution in [-0.4, -0.2) is 43.4 Å². The monoisotopic (exact) mass is 374 g/mol. The summed E-state index contributed by atoms with van der Waals surface area (Å²) in [6.07, 6.45) is 0. The third-order valence-corrected chi connectivity index (χ3v) is 4.82. The summed E-state index contributed by atoms with van der Waals surface area (Å²) in [6.45, 7) is 1.02. The third-order valence-electron chi connectivity index (χ3n) is 3.85. The smallest absolute Gasteiger partial charge is 0.119 e. The van der Waals surface area contributed by atoms with Crippen LogP contribution in [0.3, 0.4) is 0 Å². The Bertz CT molecular complexity index is 839. The van der Waals surface area contributed by atoms with E-state index in [9.17, 15) is 0 Å². The first-order valence-corrected chi connectivity index (χ1v) is 8.97. The first kappa shape index (κ1) is 19.6. The van der Waals surface area contributed by atoms with E-state index in [1.807, 2.05) is 18.2 Å². The van der Waals surface area contributed by atoms with Crippen LogP contribution in [0, 0.1) is 0 Å². The molecular formula is C20H23ClN2OS. The number of methoxy groups -OCH3 is 1. The Morgan fingerprint density at radius 2 is 1.84 bits per heavy atom. The number of pyridine rings is 1. The molecule has 0 radical (unpaired) electrons. The van der Waals surface area contributed by atoms with Crippen molar-refractivity contribution in [3.63, 3.8) is 0 Å². The summed E-state index contributed by atoms with van der Waals surface area (Å²) in [4.78, 5) is 7.10. The Balaban J connectivity index is 0.00000225. The van der Waals surface area contributed by atoms with Gasteiger partial charge >= 0.3 is 0 Å². The number of aromatic nitrogens is 1. The molecule has 0 aliphatic heterocycles. The zero-order chi connectivity index (χ0) is 16.9. The molecule has 0 aliphatic carbocycles. The first-order chi connectivity index (χ1) is 11.7. The lowest BCUT2D eigenvalue weighted by atomic mass is 10.1. The van der Waals surface area contributed by atoms with Crippen molar-refractivity contribution < 1.29 is 4.74 Å². The molecule has 0 spiro atoms. The number of halogens is 1. The Labute approximate surface area is 159 Å². The van der Waals surface area contributed by atoms with Crippen LogP contribution < -0.4 is 4.74 Å². The number of hydrogen-bond acceptors (Lipinski definition) is 4. The van der Waals surface area contributed by atoms with E-state index < -0.39 is 0 Å². The summed E-state index contributed by atoms with van der Waals surface area (Å²) < 4.78 is 5.38. The largest absolute Gasteiger partial charge is 0.497 e. The van der Waals surface area contributed by atoms with Crippen LogP contribution in [0.25, 0.3) is 22.0 Å². The fraction of sp³-hybridized carbons (Fsp3) is 0.250. The van der Waals surface area contributed by atoms with Gasteiger partial charge < -0.3 is 9.64 Å². The first-order valence-electron chi connectivity index (χ1n) is 7.99. The van der Waals surface area contributed by atoms with E-state index in [1.54, 1.807) is 18.9 Å². The van der Waals surface area contributed by atoms with Crippen molar-refractivity contribution in [2.75, 3.05) is 33.5 Å². The van der Waals surface area contributed by atoms with Gasteiger partial charge in [0.25, 0.3) is 0 Å². The minimum Gasteiger partial charge on any atom is -0.497 e. The van der Waals surface area contributed by atoms with Crippen molar-refractivity contribution in [2.45, 2.75) is 5.03 Å². The van der Waals surface area contributed by atoms with E-state index in [1.165, 1.54) is 0 Å². The molecule has 0 aliphatic rings. The second-order valence-electron chi connectivity index (χ2n) is 5.92. The maximum Gasteiger partial charge on any atom is 0.119 e. The zero-order valence-corrected chi connectivity index (χ0v) is 16.4. The maximum atomic E-state index is 5.38. The molecule has 25 heavy (non-hydrogen) atoms. The number of ether oxygens (including phenoxy) is 1. The number of nitrogens with zero attached hydrogens (tertiary/aromatic N) is 2. The fourth-order valence-corrected chi connectivity index (χ4v) is 3.68. The molecule has 0 atom stereocenters. The number of thioether (sulfide) groups is 1. The summed E-state index contributed by atoms with van der Waals surface area (Å²) in [6, 6.07) is 18.7. The second kappa shape index (κ2) is 9.09. The summed E-state index contributed by atoms with van der Waals surface area (Å²) in [5.41, 5.74) is 3.34. The molecule has 0 saturated carbocycles. The molecule has 1 aromatic heterocycles. The van der Waals surface area contributed by atoms with Crippen LogP contribution in [0.1, 0.15) is 0 Å². The predicted molar refractivity (Wildman–Crippen MR) is 110 cm³/mol. The van der Waals surface area contributed by atoms with Crippen molar-refractivity contribution >= 4 is 35.1 Å². The van der Waals surface area contributed by atoms with Crippen LogP contribution in [0.4, 0.5) is 0 Å². The molecule has 2 aromatic carbocycles. The molecule has 0 unspecified atom stereocenters. The average Bonchev–Trinajstić information content (AvgIpc) is 2.61. The molecule has 0 amide bonds. The SMILES string of the molecule is COc1cccc(-c2cc3ccccc3nc2SCCN(C)C)c1.Cl. The Kier molecular flexibility index (Phi) is 7.12. The second-order valence-corrected chi connectivity index (χ2v) is 7.00. The van der Waals surface area contributed by atoms with E-state index in [2.05, 4.69) is 55.4 Å². The highest BCUT2D eigenvalue weighted by Gasteiger charge is 2.11. The van der Waals surface area contributed by atoms with Gasteiger partial charge in [-0.1, -0.05) is 30.3 Å². The summed E-state index contributed by atoms with van der Waals surface area (Å²) in [5.74, 6) is 1.87. The van der Waals surface area contributed by atoms with Crippen LogP contribution in [-0.2, 0) is 0 Å². The predicted octanol–water partition coefficient (Wildman–Crippen LogP) is 4.99. The van der Waals surface area contributed by atoms with Gasteiger partial charge in [-0.15, -0.1) is 24.2 Å². The van der Waals surface area contributed by atoms with Crippen LogP contribution in [0.15, 0.2) is 59.6 Å². The van der Waals surface area contributed by atoms with Gasteiger partial charge in [-0.05, 0) is 43.9 Å². The highest BCUT2D eigenvalue weighted by atomic mass is 35.5. The molecule has 3 aromatic rings. The third kappa shape index (κ3) is 4.88. The summed E-state index contributed by atoms with van der Waals surface area (Å²) in [7, 11) is 5.89. The fourth-order valence-electron chi connectivity index (χ4n) is 2.53. The van der Waals surface area contributed by atoms with E-state index in [4.69, 9.17) is 9.72 Å². The lowest BCUT2D eigenvalue weighted by Gasteiger charge is -2.13. The number of hydrogen-bond donors (Lipinski definition) is 0. The Morgan fingerprint density at radius 3 is 2.60 bits per heavy atom. The standard InChI is InChI=1S/C20H22N2OS.ClH/c1-22(2)11-12-24-20-18(15-8-6-9-17(13-15)23-3)14-16-7-4-5-10-19(16)21-20;/h4-10,13-14H,11-12H2,1-3H3;1H. The van der Waals surface area contributed by atoms with E-state index >= 15 is 0 Å². The van der Waals surface area contributed by atoms with Crippen LogP contribution in [0.2, 0.25) is 0 Å². The van der Waals surface area contributed by atoms with Crippen molar-refractivity contribution in [1.82, 2.24) is 9.88 Å². The number of para-hydroxylation sites is 1. The normalized spacial score (nSPS) is 10.7. The quantitative estimate of drug-likeness (QED) is 0.568. The minimum atomic E-state index is 0. The number of benzene rings is 2. The molecule has 3 nitrogen and oxygen atoms in total. The van der Waals surface area contributed by atoms with Crippen LogP contribution >= 0.6 is 24.2 Å². The molecular weight excluding hydrogens is 352 g/mol. The molecule has 0 saturated heterocycles. The van der Waals surface area contributed by atoms with Gasteiger partial charge in [0, 0.05) is 23.2 Å². The van der Waals surface area contributed by atoms with E-state index in [-0.39, 0.29) is 12.4 Å². The number of rotatable bonds is 6. The van der Waals surface area contributed by atoms with Crippen molar-refractivity contribution in [2.24, 2.45) is 0 Å². The van der Waals surface area contributed by atoms with Gasteiger partial charge in [0.15, 0.2) is 0 Å². The van der Waals surface area contributed by atoms with Crippen molar-refractivity contribution in [3.8, 4) is 16.9 Å². The van der Waals surface area contributed by atoms with Crippen LogP contribution in [0.5, 0.6) is 5.75 Å². The highest BCUT2D eigenvalue weighted by Crippen LogP contribution is 2.34. The van der Waals surface area contributed by atoms with E-state index in [0.717, 1.165) is 45.1 Å². The van der Waals surface area contributed by atoms with E-state index in [0.29, 0.717) is 0 Å². The lowest BCUT2D eigenvalue weighted by Crippen LogP contribution is -2.14. The maximum absolute atomic E-state index is 5.38. The lowest BCUT2D eigenvalue weighted by molar-refractivity contribution is 0.415. The Hall–Kier alpha value is -1.75. The molecule has 1 heterocycles. The molecule has 3 rings (SSSR count). The van der Waals surface area contributed by atoms with Gasteiger partial charge in [0.2, 0.25) is 0 Å². The highest BCUT2D eigenvalue weighted by molar-refractivity contribution is 7.99. The molecule has 5 heteroatoms.